The highest BCUT2D eigenvalue weighted by Crippen LogP contribution is 2.04. The van der Waals surface area contributed by atoms with Crippen LogP contribution >= 0.6 is 0 Å². The summed E-state index contributed by atoms with van der Waals surface area (Å²) >= 11 is 0. The van der Waals surface area contributed by atoms with Crippen LogP contribution in [-0.4, -0.2) is 19.9 Å². The molecule has 3 aromatic rings. The Morgan fingerprint density at radius 2 is 2.11 bits per heavy atom. The van der Waals surface area contributed by atoms with Gasteiger partial charge in [0.25, 0.3) is 5.56 Å². The Morgan fingerprint density at radius 1 is 1.26 bits per heavy atom. The van der Waals surface area contributed by atoms with Gasteiger partial charge >= 0.3 is 0 Å². The number of fused-ring (bicyclic) bond motifs is 1. The Hall–Kier alpha value is -2.67. The molecule has 7 heteroatoms. The Morgan fingerprint density at radius 3 is 2.95 bits per heavy atom. The minimum Gasteiger partial charge on any atom is -0.339 e. The van der Waals surface area contributed by atoms with Crippen LogP contribution < -0.4 is 11.0 Å². The Bertz CT molecular complexity index is 734. The van der Waals surface area contributed by atoms with Crippen LogP contribution in [0.2, 0.25) is 0 Å². The van der Waals surface area contributed by atoms with E-state index in [9.17, 15) is 4.79 Å². The number of hydrogen-bond donors (Lipinski definition) is 3. The number of rotatable bonds is 4. The van der Waals surface area contributed by atoms with Gasteiger partial charge in [0.15, 0.2) is 11.2 Å². The van der Waals surface area contributed by atoms with Gasteiger partial charge in [0.05, 0.1) is 12.9 Å². The molecule has 0 spiro atoms. The molecule has 0 radical (unpaired) electrons. The van der Waals surface area contributed by atoms with Crippen molar-refractivity contribution in [3.05, 3.63) is 52.6 Å². The SMILES string of the molecule is O=c1[nH]c(NOCc2ccccc2)nc2nc[nH]c12. The predicted octanol–water partition coefficient (Wildman–Crippen LogP) is 1.19. The van der Waals surface area contributed by atoms with E-state index in [2.05, 4.69) is 25.4 Å². The van der Waals surface area contributed by atoms with Crippen molar-refractivity contribution in [2.75, 3.05) is 5.48 Å². The summed E-state index contributed by atoms with van der Waals surface area (Å²) in [4.78, 5) is 30.2. The molecule has 3 N–H and O–H groups in total. The van der Waals surface area contributed by atoms with Gasteiger partial charge in [0.1, 0.15) is 0 Å². The van der Waals surface area contributed by atoms with E-state index in [1.807, 2.05) is 30.3 Å². The fraction of sp³-hybridized carbons (Fsp3) is 0.0833. The zero-order chi connectivity index (χ0) is 13.1. The van der Waals surface area contributed by atoms with Gasteiger partial charge in [0, 0.05) is 0 Å². The molecule has 19 heavy (non-hydrogen) atoms. The van der Waals surface area contributed by atoms with Gasteiger partial charge in [-0.15, -0.1) is 0 Å². The average Bonchev–Trinajstić information content (AvgIpc) is 2.89. The molecule has 1 aromatic carbocycles. The van der Waals surface area contributed by atoms with E-state index < -0.39 is 0 Å². The van der Waals surface area contributed by atoms with Crippen LogP contribution in [-0.2, 0) is 11.4 Å². The van der Waals surface area contributed by atoms with Gasteiger partial charge < -0.3 is 4.98 Å². The van der Waals surface area contributed by atoms with E-state index in [4.69, 9.17) is 4.84 Å². The standard InChI is InChI=1S/C12H11N5O2/c18-11-9-10(14-7-13-9)15-12(16-11)17-19-6-8-4-2-1-3-5-8/h1-5,7H,6H2,(H3,13,14,15,16,17,18). The van der Waals surface area contributed by atoms with Gasteiger partial charge in [0.2, 0.25) is 5.95 Å². The summed E-state index contributed by atoms with van der Waals surface area (Å²) in [6.45, 7) is 0.364. The molecule has 0 unspecified atom stereocenters. The normalized spacial score (nSPS) is 10.7. The second-order valence-corrected chi connectivity index (χ2v) is 3.89. The minimum atomic E-state index is -0.298. The van der Waals surface area contributed by atoms with Crippen molar-refractivity contribution in [3.8, 4) is 0 Å². The van der Waals surface area contributed by atoms with Crippen molar-refractivity contribution in [3.63, 3.8) is 0 Å². The number of imidazole rings is 1. The topological polar surface area (TPSA) is 95.7 Å². The van der Waals surface area contributed by atoms with Gasteiger partial charge in [-0.1, -0.05) is 30.3 Å². The van der Waals surface area contributed by atoms with Crippen molar-refractivity contribution in [1.29, 1.82) is 0 Å². The van der Waals surface area contributed by atoms with Crippen molar-refractivity contribution in [1.82, 2.24) is 19.9 Å². The molecule has 0 saturated heterocycles. The zero-order valence-electron chi connectivity index (χ0n) is 9.88. The van der Waals surface area contributed by atoms with Crippen LogP contribution in [0.1, 0.15) is 5.56 Å². The number of nitrogens with one attached hydrogen (secondary N) is 3. The molecule has 2 aromatic heterocycles. The summed E-state index contributed by atoms with van der Waals surface area (Å²) in [5.41, 5.74) is 3.99. The Labute approximate surface area is 107 Å². The van der Waals surface area contributed by atoms with E-state index in [1.54, 1.807) is 0 Å². The van der Waals surface area contributed by atoms with Crippen molar-refractivity contribution in [2.45, 2.75) is 6.61 Å². The lowest BCUT2D eigenvalue weighted by atomic mass is 10.2. The van der Waals surface area contributed by atoms with Crippen LogP contribution in [0.15, 0.2) is 41.5 Å². The summed E-state index contributed by atoms with van der Waals surface area (Å²) in [7, 11) is 0. The van der Waals surface area contributed by atoms with E-state index in [-0.39, 0.29) is 11.5 Å². The first kappa shape index (κ1) is 11.4. The third-order valence-electron chi connectivity index (χ3n) is 2.55. The van der Waals surface area contributed by atoms with Gasteiger partial charge in [-0.25, -0.2) is 10.5 Å². The number of hydrogen-bond acceptors (Lipinski definition) is 5. The van der Waals surface area contributed by atoms with Crippen LogP contribution in [0.25, 0.3) is 11.2 Å². The second-order valence-electron chi connectivity index (χ2n) is 3.89. The number of aromatic nitrogens is 4. The van der Waals surface area contributed by atoms with Crippen LogP contribution in [0.5, 0.6) is 0 Å². The molecule has 7 nitrogen and oxygen atoms in total. The summed E-state index contributed by atoms with van der Waals surface area (Å²) < 4.78 is 0. The summed E-state index contributed by atoms with van der Waals surface area (Å²) in [6, 6.07) is 9.66. The first-order valence-electron chi connectivity index (χ1n) is 5.68. The maximum Gasteiger partial charge on any atom is 0.278 e. The van der Waals surface area contributed by atoms with Crippen LogP contribution in [0, 0.1) is 0 Å². The highest BCUT2D eigenvalue weighted by atomic mass is 16.6. The highest BCUT2D eigenvalue weighted by molar-refractivity contribution is 5.69. The van der Waals surface area contributed by atoms with E-state index >= 15 is 0 Å². The average molecular weight is 257 g/mol. The van der Waals surface area contributed by atoms with Gasteiger partial charge in [-0.05, 0) is 5.56 Å². The highest BCUT2D eigenvalue weighted by Gasteiger charge is 2.05. The number of nitrogens with zero attached hydrogens (tertiary/aromatic N) is 2. The van der Waals surface area contributed by atoms with Crippen molar-refractivity contribution in [2.24, 2.45) is 0 Å². The number of anilines is 1. The molecule has 0 aliphatic carbocycles. The largest absolute Gasteiger partial charge is 0.339 e. The number of benzene rings is 1. The molecule has 0 aliphatic heterocycles. The van der Waals surface area contributed by atoms with Gasteiger partial charge in [-0.2, -0.15) is 4.98 Å². The monoisotopic (exact) mass is 257 g/mol. The molecule has 3 rings (SSSR count). The maximum absolute atomic E-state index is 11.6. The van der Waals surface area contributed by atoms with Crippen molar-refractivity contribution < 1.29 is 4.84 Å². The first-order chi connectivity index (χ1) is 9.33. The van der Waals surface area contributed by atoms with E-state index in [0.29, 0.717) is 17.8 Å². The summed E-state index contributed by atoms with van der Waals surface area (Å²) in [5.74, 6) is 0.223. The van der Waals surface area contributed by atoms with Crippen LogP contribution in [0.3, 0.4) is 0 Å². The van der Waals surface area contributed by atoms with Crippen LogP contribution in [0.4, 0.5) is 5.95 Å². The van der Waals surface area contributed by atoms with Gasteiger partial charge in [-0.3, -0.25) is 14.6 Å². The summed E-state index contributed by atoms with van der Waals surface area (Å²) in [5, 5.41) is 0. The lowest BCUT2D eigenvalue weighted by Crippen LogP contribution is -2.13. The Balaban J connectivity index is 1.70. The third-order valence-corrected chi connectivity index (χ3v) is 2.55. The fourth-order valence-corrected chi connectivity index (χ4v) is 1.65. The summed E-state index contributed by atoms with van der Waals surface area (Å²) in [6.07, 6.45) is 1.42. The minimum absolute atomic E-state index is 0.223. The molecule has 0 atom stereocenters. The molecular formula is C12H11N5O2. The lowest BCUT2D eigenvalue weighted by molar-refractivity contribution is 0.177. The first-order valence-corrected chi connectivity index (χ1v) is 5.68. The smallest absolute Gasteiger partial charge is 0.278 e. The van der Waals surface area contributed by atoms with E-state index in [1.165, 1.54) is 6.33 Å². The Kier molecular flexibility index (Phi) is 2.95. The maximum atomic E-state index is 11.6. The molecule has 0 aliphatic rings. The number of aromatic amines is 2. The molecule has 96 valence electrons. The molecule has 0 bridgehead atoms. The molecule has 2 heterocycles. The molecule has 0 amide bonds. The lowest BCUT2D eigenvalue weighted by Gasteiger charge is -2.05. The zero-order valence-corrected chi connectivity index (χ0v) is 9.88. The fourth-order valence-electron chi connectivity index (χ4n) is 1.65. The second kappa shape index (κ2) is 4.91. The predicted molar refractivity (Wildman–Crippen MR) is 69.4 cm³/mol. The molecular weight excluding hydrogens is 246 g/mol. The molecule has 0 saturated carbocycles. The molecule has 0 fully saturated rings. The van der Waals surface area contributed by atoms with Crippen molar-refractivity contribution >= 4 is 17.1 Å². The quantitative estimate of drug-likeness (QED) is 0.610. The third kappa shape index (κ3) is 2.45. The van der Waals surface area contributed by atoms with E-state index in [0.717, 1.165) is 5.56 Å². The number of H-pyrrole nitrogens is 2.